The van der Waals surface area contributed by atoms with Gasteiger partial charge >= 0.3 is 0 Å². The molecule has 3 rings (SSSR count). The van der Waals surface area contributed by atoms with Crippen LogP contribution in [0.2, 0.25) is 0 Å². The molecule has 30 heavy (non-hydrogen) atoms. The van der Waals surface area contributed by atoms with Gasteiger partial charge in [0.25, 0.3) is 11.8 Å². The summed E-state index contributed by atoms with van der Waals surface area (Å²) in [4.78, 5) is 27.5. The molecule has 0 bridgehead atoms. The summed E-state index contributed by atoms with van der Waals surface area (Å²) in [5, 5.41) is 2.82. The highest BCUT2D eigenvalue weighted by atomic mass is 32.2. The van der Waals surface area contributed by atoms with Crippen LogP contribution in [0.3, 0.4) is 0 Å². The molecule has 2 aromatic carbocycles. The molecule has 2 amide bonds. The molecule has 8 heteroatoms. The third-order valence-electron chi connectivity index (χ3n) is 5.32. The zero-order valence-electron chi connectivity index (χ0n) is 17.3. The van der Waals surface area contributed by atoms with Gasteiger partial charge in [-0.25, -0.2) is 8.42 Å². The lowest BCUT2D eigenvalue weighted by Gasteiger charge is -2.27. The Morgan fingerprint density at radius 3 is 2.27 bits per heavy atom. The van der Waals surface area contributed by atoms with Gasteiger partial charge in [0.1, 0.15) is 0 Å². The summed E-state index contributed by atoms with van der Waals surface area (Å²) >= 11 is 0. The number of nitrogens with one attached hydrogen (secondary N) is 1. The van der Waals surface area contributed by atoms with Crippen LogP contribution in [0.25, 0.3) is 0 Å². The molecule has 1 aliphatic rings. The van der Waals surface area contributed by atoms with Crippen molar-refractivity contribution < 1.29 is 18.0 Å². The van der Waals surface area contributed by atoms with Crippen molar-refractivity contribution >= 4 is 33.2 Å². The minimum absolute atomic E-state index is 0.00638. The second kappa shape index (κ2) is 9.30. The molecule has 1 fully saturated rings. The highest BCUT2D eigenvalue weighted by Crippen LogP contribution is 2.22. The second-order valence-corrected chi connectivity index (χ2v) is 9.56. The SMILES string of the molecule is CCS(=O)(=O)N(C)c1ccc(C(=O)Nc2ccccc2C(=O)N2CCCCC2)cc1. The van der Waals surface area contributed by atoms with Crippen molar-refractivity contribution in [3.8, 4) is 0 Å². The zero-order chi connectivity index (χ0) is 21.7. The van der Waals surface area contributed by atoms with Gasteiger partial charge in [-0.05, 0) is 62.6 Å². The number of hydrogen-bond donors (Lipinski definition) is 1. The van der Waals surface area contributed by atoms with Gasteiger partial charge in [0.2, 0.25) is 10.0 Å². The smallest absolute Gasteiger partial charge is 0.255 e. The molecule has 0 aromatic heterocycles. The van der Waals surface area contributed by atoms with Crippen LogP contribution in [0, 0.1) is 0 Å². The van der Waals surface area contributed by atoms with E-state index in [9.17, 15) is 18.0 Å². The lowest BCUT2D eigenvalue weighted by Crippen LogP contribution is -2.36. The third kappa shape index (κ3) is 4.81. The van der Waals surface area contributed by atoms with E-state index < -0.39 is 10.0 Å². The van der Waals surface area contributed by atoms with Crippen LogP contribution in [-0.4, -0.2) is 51.0 Å². The van der Waals surface area contributed by atoms with Gasteiger partial charge in [-0.3, -0.25) is 13.9 Å². The van der Waals surface area contributed by atoms with Crippen LogP contribution in [-0.2, 0) is 10.0 Å². The normalized spacial score (nSPS) is 14.3. The number of hydrogen-bond acceptors (Lipinski definition) is 4. The molecule has 0 radical (unpaired) electrons. The van der Waals surface area contributed by atoms with E-state index in [0.29, 0.717) is 22.5 Å². The van der Waals surface area contributed by atoms with Crippen LogP contribution >= 0.6 is 0 Å². The molecule has 0 unspecified atom stereocenters. The van der Waals surface area contributed by atoms with E-state index in [2.05, 4.69) is 5.32 Å². The Morgan fingerprint density at radius 1 is 1.00 bits per heavy atom. The number of rotatable bonds is 6. The maximum absolute atomic E-state index is 12.9. The van der Waals surface area contributed by atoms with Gasteiger partial charge in [-0.15, -0.1) is 0 Å². The summed E-state index contributed by atoms with van der Waals surface area (Å²) in [5.74, 6) is -0.443. The number of piperidine rings is 1. The summed E-state index contributed by atoms with van der Waals surface area (Å²) in [6.07, 6.45) is 3.12. The summed E-state index contributed by atoms with van der Waals surface area (Å²) in [6, 6.07) is 13.3. The molecule has 1 saturated heterocycles. The topological polar surface area (TPSA) is 86.8 Å². The van der Waals surface area contributed by atoms with E-state index in [1.54, 1.807) is 55.5 Å². The number of likely N-dealkylation sites (tertiary alicyclic amines) is 1. The molecular formula is C22H27N3O4S. The first kappa shape index (κ1) is 21.8. The summed E-state index contributed by atoms with van der Waals surface area (Å²) in [6.45, 7) is 3.05. The van der Waals surface area contributed by atoms with Crippen molar-refractivity contribution in [3.05, 3.63) is 59.7 Å². The first-order valence-electron chi connectivity index (χ1n) is 10.1. The Balaban J connectivity index is 1.76. The van der Waals surface area contributed by atoms with Crippen LogP contribution in [0.5, 0.6) is 0 Å². The Kier molecular flexibility index (Phi) is 6.77. The number of para-hydroxylation sites is 1. The minimum Gasteiger partial charge on any atom is -0.339 e. The average molecular weight is 430 g/mol. The predicted octanol–water partition coefficient (Wildman–Crippen LogP) is 3.35. The van der Waals surface area contributed by atoms with Gasteiger partial charge in [0.15, 0.2) is 0 Å². The minimum atomic E-state index is -3.37. The molecule has 0 saturated carbocycles. The first-order chi connectivity index (χ1) is 14.3. The van der Waals surface area contributed by atoms with Gasteiger partial charge in [-0.2, -0.15) is 0 Å². The van der Waals surface area contributed by atoms with Crippen molar-refractivity contribution in [1.82, 2.24) is 4.90 Å². The predicted molar refractivity (Wildman–Crippen MR) is 118 cm³/mol. The van der Waals surface area contributed by atoms with E-state index in [1.807, 2.05) is 4.90 Å². The highest BCUT2D eigenvalue weighted by molar-refractivity contribution is 7.92. The average Bonchev–Trinajstić information content (AvgIpc) is 2.79. The Hall–Kier alpha value is -2.87. The fourth-order valence-corrected chi connectivity index (χ4v) is 4.25. The van der Waals surface area contributed by atoms with Crippen molar-refractivity contribution in [2.75, 3.05) is 35.5 Å². The standard InChI is InChI=1S/C22H27N3O4S/c1-3-30(28,29)24(2)18-13-11-17(12-14-18)21(26)23-20-10-6-5-9-19(20)22(27)25-15-7-4-8-16-25/h5-6,9-14H,3-4,7-8,15-16H2,1-2H3,(H,23,26). The third-order valence-corrected chi connectivity index (χ3v) is 7.10. The highest BCUT2D eigenvalue weighted by Gasteiger charge is 2.22. The van der Waals surface area contributed by atoms with E-state index in [0.717, 1.165) is 32.4 Å². The molecule has 1 heterocycles. The summed E-state index contributed by atoms with van der Waals surface area (Å²) < 4.78 is 25.2. The lowest BCUT2D eigenvalue weighted by molar-refractivity contribution is 0.0725. The Bertz CT molecular complexity index is 1010. The molecule has 1 N–H and O–H groups in total. The van der Waals surface area contributed by atoms with Crippen LogP contribution in [0.1, 0.15) is 46.9 Å². The number of benzene rings is 2. The number of carbonyl (C=O) groups excluding carboxylic acids is 2. The lowest BCUT2D eigenvalue weighted by atomic mass is 10.1. The first-order valence-corrected chi connectivity index (χ1v) is 11.7. The Morgan fingerprint density at radius 2 is 1.63 bits per heavy atom. The van der Waals surface area contributed by atoms with Crippen LogP contribution < -0.4 is 9.62 Å². The molecule has 2 aromatic rings. The quantitative estimate of drug-likeness (QED) is 0.763. The van der Waals surface area contributed by atoms with Crippen molar-refractivity contribution in [1.29, 1.82) is 0 Å². The largest absolute Gasteiger partial charge is 0.339 e. The van der Waals surface area contributed by atoms with E-state index >= 15 is 0 Å². The molecular weight excluding hydrogens is 402 g/mol. The summed E-state index contributed by atoms with van der Waals surface area (Å²) in [7, 11) is -1.89. The molecule has 0 atom stereocenters. The van der Waals surface area contributed by atoms with E-state index in [-0.39, 0.29) is 17.6 Å². The van der Waals surface area contributed by atoms with Crippen molar-refractivity contribution in [2.45, 2.75) is 26.2 Å². The zero-order valence-corrected chi connectivity index (χ0v) is 18.1. The number of nitrogens with zero attached hydrogens (tertiary/aromatic N) is 2. The molecule has 1 aliphatic heterocycles. The van der Waals surface area contributed by atoms with Gasteiger partial charge in [0.05, 0.1) is 22.7 Å². The number of sulfonamides is 1. The number of anilines is 2. The van der Waals surface area contributed by atoms with E-state index in [1.165, 1.54) is 11.4 Å². The molecule has 160 valence electrons. The molecule has 7 nitrogen and oxygen atoms in total. The fraction of sp³-hybridized carbons (Fsp3) is 0.364. The van der Waals surface area contributed by atoms with Crippen LogP contribution in [0.4, 0.5) is 11.4 Å². The Labute approximate surface area is 177 Å². The number of amides is 2. The van der Waals surface area contributed by atoms with Crippen LogP contribution in [0.15, 0.2) is 48.5 Å². The number of carbonyl (C=O) groups is 2. The van der Waals surface area contributed by atoms with Gasteiger partial charge < -0.3 is 10.2 Å². The maximum Gasteiger partial charge on any atom is 0.255 e. The summed E-state index contributed by atoms with van der Waals surface area (Å²) in [5.41, 5.74) is 1.79. The molecule has 0 spiro atoms. The second-order valence-electron chi connectivity index (χ2n) is 7.27. The van der Waals surface area contributed by atoms with Crippen molar-refractivity contribution in [2.24, 2.45) is 0 Å². The fourth-order valence-electron chi connectivity index (χ4n) is 3.42. The van der Waals surface area contributed by atoms with E-state index in [4.69, 9.17) is 0 Å². The van der Waals surface area contributed by atoms with Crippen molar-refractivity contribution in [3.63, 3.8) is 0 Å². The maximum atomic E-state index is 12.9. The van der Waals surface area contributed by atoms with Gasteiger partial charge in [-0.1, -0.05) is 12.1 Å². The monoisotopic (exact) mass is 429 g/mol. The molecule has 0 aliphatic carbocycles. The van der Waals surface area contributed by atoms with Gasteiger partial charge in [0, 0.05) is 25.7 Å².